The van der Waals surface area contributed by atoms with Crippen LogP contribution in [0.15, 0.2) is 4.34 Å². The van der Waals surface area contributed by atoms with Gasteiger partial charge < -0.3 is 10.6 Å². The minimum atomic E-state index is -0.314. The van der Waals surface area contributed by atoms with Crippen LogP contribution in [0.3, 0.4) is 0 Å². The number of fused-ring (bicyclic) bond motifs is 1. The lowest BCUT2D eigenvalue weighted by atomic mass is 10.1. The highest BCUT2D eigenvalue weighted by atomic mass is 32.2. The van der Waals surface area contributed by atoms with E-state index in [1.165, 1.54) is 34.4 Å². The summed E-state index contributed by atoms with van der Waals surface area (Å²) in [6.45, 7) is 1.84. The van der Waals surface area contributed by atoms with Gasteiger partial charge in [-0.25, -0.2) is 0 Å². The van der Waals surface area contributed by atoms with Crippen molar-refractivity contribution in [2.24, 2.45) is 0 Å². The van der Waals surface area contributed by atoms with E-state index in [0.29, 0.717) is 10.6 Å². The molecule has 0 bridgehead atoms. The molecule has 0 unspecified atom stereocenters. The Morgan fingerprint density at radius 1 is 1.28 bits per heavy atom. The number of nitrogens with zero attached hydrogens (tertiary/aromatic N) is 3. The number of carbonyl (C=O) groups is 1. The standard InChI is InChI=1S/C16H19N5OS3/c1-9(23-16-21-20-15(18-2)25-16)13(22)19-14-11(8-17)10-6-4-3-5-7-12(10)24-14/h9H,3-7H2,1-2H3,(H,18,20)(H,19,22)/t9-/m1/s1. The summed E-state index contributed by atoms with van der Waals surface area (Å²) < 4.78 is 0.745. The highest BCUT2D eigenvalue weighted by Gasteiger charge is 2.23. The second kappa shape index (κ2) is 8.17. The largest absolute Gasteiger partial charge is 0.363 e. The highest BCUT2D eigenvalue weighted by molar-refractivity contribution is 8.02. The van der Waals surface area contributed by atoms with E-state index in [1.807, 2.05) is 6.92 Å². The third-order valence-electron chi connectivity index (χ3n) is 4.04. The molecule has 1 aliphatic rings. The SMILES string of the molecule is CNc1nnc(S[C@H](C)C(=O)Nc2sc3c(c2C#N)CCCCC3)s1. The average molecular weight is 394 g/mol. The van der Waals surface area contributed by atoms with Crippen molar-refractivity contribution in [1.82, 2.24) is 10.2 Å². The fourth-order valence-electron chi connectivity index (χ4n) is 2.73. The molecule has 2 heterocycles. The topological polar surface area (TPSA) is 90.7 Å². The van der Waals surface area contributed by atoms with Crippen molar-refractivity contribution in [3.63, 3.8) is 0 Å². The lowest BCUT2D eigenvalue weighted by Crippen LogP contribution is -2.22. The first-order valence-electron chi connectivity index (χ1n) is 8.15. The smallest absolute Gasteiger partial charge is 0.238 e. The highest BCUT2D eigenvalue weighted by Crippen LogP contribution is 2.37. The van der Waals surface area contributed by atoms with Crippen molar-refractivity contribution in [3.05, 3.63) is 16.0 Å². The molecule has 25 heavy (non-hydrogen) atoms. The van der Waals surface area contributed by atoms with Gasteiger partial charge in [0.1, 0.15) is 11.1 Å². The van der Waals surface area contributed by atoms with Crippen LogP contribution in [-0.2, 0) is 17.6 Å². The zero-order valence-electron chi connectivity index (χ0n) is 14.1. The Hall–Kier alpha value is -1.63. The van der Waals surface area contributed by atoms with Crippen LogP contribution in [0.2, 0.25) is 0 Å². The predicted octanol–water partition coefficient (Wildman–Crippen LogP) is 3.90. The number of thiophene rings is 1. The van der Waals surface area contributed by atoms with Gasteiger partial charge in [-0.15, -0.1) is 21.5 Å². The van der Waals surface area contributed by atoms with E-state index in [0.717, 1.165) is 40.7 Å². The maximum atomic E-state index is 12.5. The van der Waals surface area contributed by atoms with E-state index >= 15 is 0 Å². The van der Waals surface area contributed by atoms with E-state index in [2.05, 4.69) is 26.9 Å². The third-order valence-corrected chi connectivity index (χ3v) is 7.37. The van der Waals surface area contributed by atoms with Crippen LogP contribution in [-0.4, -0.2) is 28.4 Å². The molecule has 0 aromatic carbocycles. The van der Waals surface area contributed by atoms with Crippen molar-refractivity contribution in [3.8, 4) is 6.07 Å². The molecule has 1 amide bonds. The van der Waals surface area contributed by atoms with Crippen molar-refractivity contribution >= 4 is 50.5 Å². The molecule has 0 radical (unpaired) electrons. The average Bonchev–Trinajstić information content (AvgIpc) is 3.11. The molecule has 0 spiro atoms. The molecule has 2 aromatic heterocycles. The molecule has 0 saturated carbocycles. The third kappa shape index (κ3) is 4.14. The number of thioether (sulfide) groups is 1. The molecule has 1 atom stereocenters. The Kier molecular flexibility index (Phi) is 5.93. The molecule has 1 aliphatic carbocycles. The van der Waals surface area contributed by atoms with Crippen molar-refractivity contribution in [2.45, 2.75) is 48.6 Å². The van der Waals surface area contributed by atoms with Crippen LogP contribution in [0.4, 0.5) is 10.1 Å². The Morgan fingerprint density at radius 2 is 2.08 bits per heavy atom. The second-order valence-corrected chi connectivity index (χ2v) is 9.42. The van der Waals surface area contributed by atoms with Gasteiger partial charge in [0.2, 0.25) is 11.0 Å². The normalized spacial score (nSPS) is 14.9. The number of amides is 1. The first-order chi connectivity index (χ1) is 12.1. The number of aromatic nitrogens is 2. The summed E-state index contributed by atoms with van der Waals surface area (Å²) in [7, 11) is 1.79. The van der Waals surface area contributed by atoms with Crippen LogP contribution in [0.25, 0.3) is 0 Å². The van der Waals surface area contributed by atoms with Crippen LogP contribution < -0.4 is 10.6 Å². The molecular formula is C16H19N5OS3. The number of rotatable bonds is 5. The van der Waals surface area contributed by atoms with E-state index < -0.39 is 0 Å². The van der Waals surface area contributed by atoms with Crippen molar-refractivity contribution < 1.29 is 4.79 Å². The van der Waals surface area contributed by atoms with Gasteiger partial charge >= 0.3 is 0 Å². The number of carbonyl (C=O) groups excluding carboxylic acids is 1. The number of aryl methyl sites for hydroxylation is 1. The molecule has 9 heteroatoms. The lowest BCUT2D eigenvalue weighted by molar-refractivity contribution is -0.115. The molecule has 3 rings (SSSR count). The summed E-state index contributed by atoms with van der Waals surface area (Å²) in [6.07, 6.45) is 5.42. The Balaban J connectivity index is 1.71. The number of nitriles is 1. The molecule has 0 saturated heterocycles. The van der Waals surface area contributed by atoms with E-state index in [9.17, 15) is 10.1 Å². The van der Waals surface area contributed by atoms with Crippen LogP contribution in [0.5, 0.6) is 0 Å². The Labute approximate surface area is 159 Å². The van der Waals surface area contributed by atoms with Crippen LogP contribution in [0.1, 0.15) is 42.2 Å². The zero-order chi connectivity index (χ0) is 17.8. The van der Waals surface area contributed by atoms with Gasteiger partial charge in [-0.1, -0.05) is 29.5 Å². The maximum Gasteiger partial charge on any atom is 0.238 e. The van der Waals surface area contributed by atoms with Gasteiger partial charge in [0.15, 0.2) is 4.34 Å². The van der Waals surface area contributed by atoms with Gasteiger partial charge in [-0.3, -0.25) is 4.79 Å². The van der Waals surface area contributed by atoms with Gasteiger partial charge in [-0.05, 0) is 38.2 Å². The van der Waals surface area contributed by atoms with E-state index in [-0.39, 0.29) is 11.2 Å². The molecule has 132 valence electrons. The molecule has 2 N–H and O–H groups in total. The van der Waals surface area contributed by atoms with Crippen LogP contribution >= 0.6 is 34.4 Å². The number of anilines is 2. The second-order valence-electron chi connectivity index (χ2n) is 5.75. The van der Waals surface area contributed by atoms with Crippen molar-refractivity contribution in [1.29, 1.82) is 5.26 Å². The van der Waals surface area contributed by atoms with Crippen LogP contribution in [0, 0.1) is 11.3 Å². The van der Waals surface area contributed by atoms with Crippen molar-refractivity contribution in [2.75, 3.05) is 17.7 Å². The minimum absolute atomic E-state index is 0.112. The first kappa shape index (κ1) is 18.2. The summed E-state index contributed by atoms with van der Waals surface area (Å²) in [5.41, 5.74) is 1.80. The fraction of sp³-hybridized carbons (Fsp3) is 0.500. The van der Waals surface area contributed by atoms with Gasteiger partial charge in [0.25, 0.3) is 0 Å². The Morgan fingerprint density at radius 3 is 2.80 bits per heavy atom. The molecular weight excluding hydrogens is 374 g/mol. The van der Waals surface area contributed by atoms with E-state index in [4.69, 9.17) is 0 Å². The van der Waals surface area contributed by atoms with E-state index in [1.54, 1.807) is 18.4 Å². The zero-order valence-corrected chi connectivity index (χ0v) is 16.5. The molecule has 0 aliphatic heterocycles. The summed E-state index contributed by atoms with van der Waals surface area (Å²) in [6, 6.07) is 2.30. The lowest BCUT2D eigenvalue weighted by Gasteiger charge is -2.09. The number of nitrogens with one attached hydrogen (secondary N) is 2. The fourth-order valence-corrected chi connectivity index (χ4v) is 5.82. The summed E-state index contributed by atoms with van der Waals surface area (Å²) in [4.78, 5) is 13.8. The monoisotopic (exact) mass is 393 g/mol. The maximum absolute atomic E-state index is 12.5. The minimum Gasteiger partial charge on any atom is -0.363 e. The summed E-state index contributed by atoms with van der Waals surface area (Å²) in [5, 5.41) is 24.6. The van der Waals surface area contributed by atoms with Gasteiger partial charge in [0, 0.05) is 11.9 Å². The first-order valence-corrected chi connectivity index (χ1v) is 10.7. The molecule has 6 nitrogen and oxygen atoms in total. The molecule has 2 aromatic rings. The number of hydrogen-bond acceptors (Lipinski definition) is 8. The summed E-state index contributed by atoms with van der Waals surface area (Å²) >= 11 is 4.35. The molecule has 0 fully saturated rings. The number of hydrogen-bond donors (Lipinski definition) is 2. The predicted molar refractivity (Wildman–Crippen MR) is 104 cm³/mol. The Bertz CT molecular complexity index is 807. The van der Waals surface area contributed by atoms with Gasteiger partial charge in [0.05, 0.1) is 10.8 Å². The quantitative estimate of drug-likeness (QED) is 0.591. The van der Waals surface area contributed by atoms with Gasteiger partial charge in [-0.2, -0.15) is 5.26 Å². The summed E-state index contributed by atoms with van der Waals surface area (Å²) in [5.74, 6) is -0.112.